The normalized spacial score (nSPS) is 18.0. The molecule has 6 heteroatoms. The van der Waals surface area contributed by atoms with Crippen molar-refractivity contribution < 1.29 is 5.21 Å². The fourth-order valence-electron chi connectivity index (χ4n) is 1.43. The van der Waals surface area contributed by atoms with E-state index in [0.717, 1.165) is 5.69 Å². The zero-order valence-corrected chi connectivity index (χ0v) is 9.73. The number of nitrogens with one attached hydrogen (secondary N) is 1. The summed E-state index contributed by atoms with van der Waals surface area (Å²) < 4.78 is 0. The molecule has 1 aromatic heterocycles. The summed E-state index contributed by atoms with van der Waals surface area (Å²) in [4.78, 5) is 8.10. The first-order chi connectivity index (χ1) is 8.11. The van der Waals surface area contributed by atoms with Gasteiger partial charge in [-0.2, -0.15) is 0 Å². The minimum atomic E-state index is -0.0105. The molecule has 0 saturated heterocycles. The summed E-state index contributed by atoms with van der Waals surface area (Å²) in [5.41, 5.74) is 2.28. The van der Waals surface area contributed by atoms with Crippen LogP contribution in [0.5, 0.6) is 0 Å². The molecule has 2 rings (SSSR count). The van der Waals surface area contributed by atoms with Gasteiger partial charge >= 0.3 is 0 Å². The molecular weight excluding hydrogens is 240 g/mol. The summed E-state index contributed by atoms with van der Waals surface area (Å²) in [5.74, 6) is 0. The molecule has 0 radical (unpaired) electrons. The number of oxime groups is 1. The lowest BCUT2D eigenvalue weighted by Crippen LogP contribution is -2.15. The third-order valence-electron chi connectivity index (χ3n) is 2.28. The summed E-state index contributed by atoms with van der Waals surface area (Å²) in [6.07, 6.45) is 4.61. The van der Waals surface area contributed by atoms with Crippen molar-refractivity contribution in [1.29, 1.82) is 5.41 Å². The molecule has 0 aromatic carbocycles. The summed E-state index contributed by atoms with van der Waals surface area (Å²) in [6, 6.07) is 1.79. The van der Waals surface area contributed by atoms with Gasteiger partial charge in [0.2, 0.25) is 0 Å². The average Bonchev–Trinajstić information content (AvgIpc) is 2.32. The Bertz CT molecular complexity index is 575. The number of rotatable bonds is 1. The van der Waals surface area contributed by atoms with Crippen molar-refractivity contribution in [2.45, 2.75) is 6.92 Å². The largest absolute Gasteiger partial charge is 0.410 e. The first-order valence-corrected chi connectivity index (χ1v) is 5.19. The lowest BCUT2D eigenvalue weighted by molar-refractivity contribution is 0.320. The quantitative estimate of drug-likeness (QED) is 0.454. The van der Waals surface area contributed by atoms with Crippen molar-refractivity contribution >= 4 is 28.6 Å². The second-order valence-corrected chi connectivity index (χ2v) is 3.90. The van der Waals surface area contributed by atoms with Crippen LogP contribution in [0.15, 0.2) is 34.7 Å². The highest BCUT2D eigenvalue weighted by Crippen LogP contribution is 2.23. The molecule has 17 heavy (non-hydrogen) atoms. The molecule has 0 unspecified atom stereocenters. The van der Waals surface area contributed by atoms with E-state index in [1.807, 2.05) is 6.92 Å². The lowest BCUT2D eigenvalue weighted by Gasteiger charge is -2.11. The predicted molar refractivity (Wildman–Crippen MR) is 65.6 cm³/mol. The van der Waals surface area contributed by atoms with Gasteiger partial charge in [-0.1, -0.05) is 16.8 Å². The van der Waals surface area contributed by atoms with Gasteiger partial charge in [0.25, 0.3) is 0 Å². The van der Waals surface area contributed by atoms with Crippen LogP contribution in [0.2, 0.25) is 0 Å². The van der Waals surface area contributed by atoms with E-state index in [0.29, 0.717) is 11.3 Å². The second kappa shape index (κ2) is 4.47. The van der Waals surface area contributed by atoms with Gasteiger partial charge in [0, 0.05) is 11.3 Å². The standard InChI is InChI=1S/C11H9ClN4O/c1-6-2-9(15-5-14-6)7-3-8(12)11(13)10(4-7)16-17/h2-5,13,17H,1H3/b13-11?,16-10-. The van der Waals surface area contributed by atoms with Gasteiger partial charge in [0.15, 0.2) is 0 Å². The molecule has 0 spiro atoms. The smallest absolute Gasteiger partial charge is 0.129 e. The Morgan fingerprint density at radius 3 is 2.76 bits per heavy atom. The van der Waals surface area contributed by atoms with E-state index >= 15 is 0 Å². The van der Waals surface area contributed by atoms with Gasteiger partial charge in [-0.3, -0.25) is 5.41 Å². The Labute approximate surface area is 103 Å². The molecule has 1 aromatic rings. The third kappa shape index (κ3) is 2.24. The van der Waals surface area contributed by atoms with Crippen LogP contribution in [0.25, 0.3) is 5.57 Å². The molecule has 0 amide bonds. The molecule has 2 N–H and O–H groups in total. The van der Waals surface area contributed by atoms with Crippen molar-refractivity contribution in [1.82, 2.24) is 9.97 Å². The first kappa shape index (κ1) is 11.5. The Hall–Kier alpha value is -2.01. The topological polar surface area (TPSA) is 82.2 Å². The Kier molecular flexibility index (Phi) is 3.01. The molecule has 5 nitrogen and oxygen atoms in total. The van der Waals surface area contributed by atoms with Crippen LogP contribution >= 0.6 is 11.6 Å². The van der Waals surface area contributed by atoms with Gasteiger partial charge in [0.05, 0.1) is 10.7 Å². The monoisotopic (exact) mass is 248 g/mol. The van der Waals surface area contributed by atoms with Gasteiger partial charge in [-0.15, -0.1) is 0 Å². The molecule has 0 saturated carbocycles. The van der Waals surface area contributed by atoms with Gasteiger partial charge < -0.3 is 5.21 Å². The molecular formula is C11H9ClN4O. The van der Waals surface area contributed by atoms with Crippen molar-refractivity contribution in [2.75, 3.05) is 0 Å². The van der Waals surface area contributed by atoms with E-state index in [2.05, 4.69) is 15.1 Å². The third-order valence-corrected chi connectivity index (χ3v) is 2.57. The maximum Gasteiger partial charge on any atom is 0.129 e. The first-order valence-electron chi connectivity index (χ1n) is 4.81. The van der Waals surface area contributed by atoms with Crippen molar-refractivity contribution in [3.63, 3.8) is 0 Å². The van der Waals surface area contributed by atoms with E-state index in [1.165, 1.54) is 6.33 Å². The molecule has 1 aliphatic carbocycles. The van der Waals surface area contributed by atoms with Gasteiger partial charge in [-0.05, 0) is 25.1 Å². The van der Waals surface area contributed by atoms with Crippen molar-refractivity contribution in [3.8, 4) is 0 Å². The van der Waals surface area contributed by atoms with Gasteiger partial charge in [-0.25, -0.2) is 9.97 Å². The summed E-state index contributed by atoms with van der Waals surface area (Å²) in [5, 5.41) is 19.6. The maximum atomic E-state index is 8.78. The van der Waals surface area contributed by atoms with Crippen LogP contribution in [0.4, 0.5) is 0 Å². The minimum Gasteiger partial charge on any atom is -0.410 e. The zero-order valence-electron chi connectivity index (χ0n) is 8.98. The maximum absolute atomic E-state index is 8.78. The molecule has 86 valence electrons. The molecule has 1 aliphatic rings. The van der Waals surface area contributed by atoms with Crippen LogP contribution in [0, 0.1) is 12.3 Å². The van der Waals surface area contributed by atoms with Crippen molar-refractivity contribution in [2.24, 2.45) is 5.16 Å². The average molecular weight is 249 g/mol. The van der Waals surface area contributed by atoms with Crippen LogP contribution < -0.4 is 0 Å². The minimum absolute atomic E-state index is 0.0105. The molecule has 0 aliphatic heterocycles. The van der Waals surface area contributed by atoms with Crippen LogP contribution in [0.1, 0.15) is 11.4 Å². The van der Waals surface area contributed by atoms with E-state index < -0.39 is 0 Å². The summed E-state index contributed by atoms with van der Waals surface area (Å²) in [7, 11) is 0. The number of aromatic nitrogens is 2. The predicted octanol–water partition coefficient (Wildman–Crippen LogP) is 2.15. The number of halogens is 1. The van der Waals surface area contributed by atoms with E-state index in [4.69, 9.17) is 22.2 Å². The van der Waals surface area contributed by atoms with E-state index in [1.54, 1.807) is 18.2 Å². The zero-order chi connectivity index (χ0) is 12.4. The molecule has 0 atom stereocenters. The number of nitrogens with zero attached hydrogens (tertiary/aromatic N) is 3. The Balaban J connectivity index is 2.50. The lowest BCUT2D eigenvalue weighted by atomic mass is 10.0. The molecule has 1 heterocycles. The van der Waals surface area contributed by atoms with Crippen molar-refractivity contribution in [3.05, 3.63) is 41.0 Å². The second-order valence-electron chi connectivity index (χ2n) is 3.50. The van der Waals surface area contributed by atoms with Crippen LogP contribution in [-0.2, 0) is 0 Å². The summed E-state index contributed by atoms with van der Waals surface area (Å²) in [6.45, 7) is 1.85. The SMILES string of the molecule is Cc1cc(C2=C/C(=N/O)C(=N)C(Cl)=C2)ncn1. The fourth-order valence-corrected chi connectivity index (χ4v) is 1.65. The fraction of sp³-hybridized carbons (Fsp3) is 0.0909. The number of hydrogen-bond donors (Lipinski definition) is 2. The number of allylic oxidation sites excluding steroid dienone is 4. The highest BCUT2D eigenvalue weighted by Gasteiger charge is 2.17. The molecule has 0 fully saturated rings. The van der Waals surface area contributed by atoms with Crippen LogP contribution in [-0.4, -0.2) is 26.6 Å². The van der Waals surface area contributed by atoms with Gasteiger partial charge in [0.1, 0.15) is 17.8 Å². The highest BCUT2D eigenvalue weighted by molar-refractivity contribution is 6.64. The van der Waals surface area contributed by atoms with E-state index in [-0.39, 0.29) is 16.5 Å². The highest BCUT2D eigenvalue weighted by atomic mass is 35.5. The number of aryl methyl sites for hydroxylation is 1. The number of hydrogen-bond acceptors (Lipinski definition) is 5. The summed E-state index contributed by atoms with van der Waals surface area (Å²) >= 11 is 5.89. The Morgan fingerprint density at radius 2 is 2.12 bits per heavy atom. The Morgan fingerprint density at radius 1 is 1.35 bits per heavy atom. The molecule has 0 bridgehead atoms. The van der Waals surface area contributed by atoms with Crippen LogP contribution in [0.3, 0.4) is 0 Å². The van der Waals surface area contributed by atoms with E-state index in [9.17, 15) is 0 Å².